The van der Waals surface area contributed by atoms with Crippen LogP contribution in [-0.2, 0) is 19.1 Å². The molecule has 1 aliphatic heterocycles. The third-order valence-corrected chi connectivity index (χ3v) is 7.95. The van der Waals surface area contributed by atoms with E-state index in [1.165, 1.54) is 17.0 Å². The van der Waals surface area contributed by atoms with Gasteiger partial charge in [-0.25, -0.2) is 4.79 Å². The summed E-state index contributed by atoms with van der Waals surface area (Å²) in [5.41, 5.74) is 2.29. The van der Waals surface area contributed by atoms with Crippen LogP contribution in [0.5, 0.6) is 0 Å². The van der Waals surface area contributed by atoms with Gasteiger partial charge in [0.2, 0.25) is 11.8 Å². The number of carbonyl (C=O) groups excluding carboxylic acids is 4. The normalized spacial score (nSPS) is 25.3. The third kappa shape index (κ3) is 3.86. The van der Waals surface area contributed by atoms with Gasteiger partial charge in [0.25, 0.3) is 5.91 Å². The minimum atomic E-state index is -0.655. The molecule has 2 saturated carbocycles. The van der Waals surface area contributed by atoms with Crippen LogP contribution in [0.1, 0.15) is 35.2 Å². The van der Waals surface area contributed by atoms with Gasteiger partial charge in [0.05, 0.1) is 23.1 Å². The number of fused-ring (bicyclic) bond motifs is 5. The van der Waals surface area contributed by atoms with E-state index in [0.717, 1.165) is 29.3 Å². The number of hydrogen-bond acceptors (Lipinski definition) is 5. The van der Waals surface area contributed by atoms with Crippen LogP contribution < -0.4 is 10.2 Å². The van der Waals surface area contributed by atoms with Crippen molar-refractivity contribution in [2.45, 2.75) is 26.2 Å². The maximum absolute atomic E-state index is 12.9. The summed E-state index contributed by atoms with van der Waals surface area (Å²) in [5, 5.41) is 2.69. The van der Waals surface area contributed by atoms with Crippen molar-refractivity contribution >= 4 is 51.0 Å². The SMILES string of the molecule is Cc1cc(NC(=O)COC(=O)c2ccc(N3C(=O)[C@@H]4[C@H]5CC[C@@H](C5)[C@H]4C3=O)cc2)ccc1Br. The first-order valence-corrected chi connectivity index (χ1v) is 11.8. The Labute approximate surface area is 199 Å². The molecule has 1 heterocycles. The van der Waals surface area contributed by atoms with E-state index in [0.29, 0.717) is 23.2 Å². The molecule has 3 fully saturated rings. The zero-order valence-corrected chi connectivity index (χ0v) is 19.6. The van der Waals surface area contributed by atoms with Gasteiger partial charge in [0, 0.05) is 10.2 Å². The second-order valence-corrected chi connectivity index (χ2v) is 9.89. The molecule has 3 amide bonds. The molecule has 2 bridgehead atoms. The first-order valence-electron chi connectivity index (χ1n) is 11.0. The minimum absolute atomic E-state index is 0.118. The van der Waals surface area contributed by atoms with Gasteiger partial charge in [-0.05, 0) is 86.1 Å². The van der Waals surface area contributed by atoms with Gasteiger partial charge in [0.1, 0.15) is 0 Å². The summed E-state index contributed by atoms with van der Waals surface area (Å²) >= 11 is 3.40. The van der Waals surface area contributed by atoms with Crippen molar-refractivity contribution in [3.05, 3.63) is 58.1 Å². The van der Waals surface area contributed by atoms with Crippen LogP contribution in [0, 0.1) is 30.6 Å². The van der Waals surface area contributed by atoms with E-state index in [9.17, 15) is 19.2 Å². The average molecular weight is 511 g/mol. The molecule has 0 spiro atoms. The van der Waals surface area contributed by atoms with Crippen LogP contribution in [0.15, 0.2) is 46.9 Å². The number of esters is 1. The highest BCUT2D eigenvalue weighted by molar-refractivity contribution is 9.10. The molecule has 0 radical (unpaired) electrons. The Bertz CT molecular complexity index is 1130. The molecular formula is C25H23BrN2O5. The lowest BCUT2D eigenvalue weighted by Crippen LogP contribution is -2.32. The number of nitrogens with one attached hydrogen (secondary N) is 1. The van der Waals surface area contributed by atoms with Gasteiger partial charge in [-0.3, -0.25) is 19.3 Å². The third-order valence-electron chi connectivity index (χ3n) is 7.06. The average Bonchev–Trinajstić information content (AvgIpc) is 3.48. The Balaban J connectivity index is 1.19. The fourth-order valence-electron chi connectivity index (χ4n) is 5.54. The number of rotatable bonds is 5. The Hall–Kier alpha value is -3.00. The van der Waals surface area contributed by atoms with Crippen LogP contribution in [0.4, 0.5) is 11.4 Å². The summed E-state index contributed by atoms with van der Waals surface area (Å²) in [6.07, 6.45) is 3.04. The van der Waals surface area contributed by atoms with E-state index < -0.39 is 18.5 Å². The fraction of sp³-hybridized carbons (Fsp3) is 0.360. The minimum Gasteiger partial charge on any atom is -0.452 e. The number of hydrogen-bond donors (Lipinski definition) is 1. The van der Waals surface area contributed by atoms with E-state index >= 15 is 0 Å². The molecule has 1 N–H and O–H groups in total. The van der Waals surface area contributed by atoms with E-state index in [1.54, 1.807) is 18.2 Å². The maximum atomic E-state index is 12.9. The lowest BCUT2D eigenvalue weighted by molar-refractivity contribution is -0.123. The van der Waals surface area contributed by atoms with Gasteiger partial charge in [0.15, 0.2) is 6.61 Å². The van der Waals surface area contributed by atoms with Crippen molar-refractivity contribution < 1.29 is 23.9 Å². The number of nitrogens with zero attached hydrogens (tertiary/aromatic N) is 1. The van der Waals surface area contributed by atoms with Crippen LogP contribution in [-0.4, -0.2) is 30.3 Å². The Morgan fingerprint density at radius 2 is 1.67 bits per heavy atom. The Morgan fingerprint density at radius 3 is 2.27 bits per heavy atom. The van der Waals surface area contributed by atoms with E-state index in [1.807, 2.05) is 19.1 Å². The number of benzene rings is 2. The predicted octanol–water partition coefficient (Wildman–Crippen LogP) is 4.09. The zero-order chi connectivity index (χ0) is 23.3. The van der Waals surface area contributed by atoms with Crippen LogP contribution in [0.25, 0.3) is 0 Å². The van der Waals surface area contributed by atoms with Crippen molar-refractivity contribution in [3.8, 4) is 0 Å². The van der Waals surface area contributed by atoms with E-state index in [2.05, 4.69) is 21.2 Å². The van der Waals surface area contributed by atoms with E-state index in [-0.39, 0.29) is 29.2 Å². The molecule has 2 aliphatic carbocycles. The Morgan fingerprint density at radius 1 is 1.03 bits per heavy atom. The van der Waals surface area contributed by atoms with Crippen molar-refractivity contribution in [1.29, 1.82) is 0 Å². The molecule has 0 aromatic heterocycles. The summed E-state index contributed by atoms with van der Waals surface area (Å²) < 4.78 is 6.05. The Kier molecular flexibility index (Phi) is 5.56. The lowest BCUT2D eigenvalue weighted by atomic mass is 9.81. The number of aryl methyl sites for hydroxylation is 1. The molecule has 8 heteroatoms. The van der Waals surface area contributed by atoms with Crippen LogP contribution in [0.3, 0.4) is 0 Å². The lowest BCUT2D eigenvalue weighted by Gasteiger charge is -2.19. The molecule has 3 aliphatic rings. The van der Waals surface area contributed by atoms with Crippen molar-refractivity contribution in [2.75, 3.05) is 16.8 Å². The molecule has 2 aromatic rings. The fourth-order valence-corrected chi connectivity index (χ4v) is 5.79. The second kappa shape index (κ2) is 8.41. The van der Waals surface area contributed by atoms with E-state index in [4.69, 9.17) is 4.74 Å². The number of amides is 3. The summed E-state index contributed by atoms with van der Waals surface area (Å²) in [7, 11) is 0. The molecule has 4 atom stereocenters. The molecule has 1 saturated heterocycles. The molecule has 33 heavy (non-hydrogen) atoms. The van der Waals surface area contributed by atoms with Crippen molar-refractivity contribution in [3.63, 3.8) is 0 Å². The summed E-state index contributed by atoms with van der Waals surface area (Å²) in [4.78, 5) is 51.6. The smallest absolute Gasteiger partial charge is 0.338 e. The van der Waals surface area contributed by atoms with Gasteiger partial charge in [-0.15, -0.1) is 0 Å². The highest BCUT2D eigenvalue weighted by Gasteiger charge is 2.61. The quantitative estimate of drug-likeness (QED) is 0.483. The topological polar surface area (TPSA) is 92.8 Å². The second-order valence-electron chi connectivity index (χ2n) is 9.03. The number of halogens is 1. The molecule has 0 unspecified atom stereocenters. The number of imide groups is 1. The zero-order valence-electron chi connectivity index (χ0n) is 18.0. The first-order chi connectivity index (χ1) is 15.8. The summed E-state index contributed by atoms with van der Waals surface area (Å²) in [6.45, 7) is 1.48. The maximum Gasteiger partial charge on any atom is 0.338 e. The van der Waals surface area contributed by atoms with Crippen molar-refractivity contribution in [1.82, 2.24) is 0 Å². The monoisotopic (exact) mass is 510 g/mol. The first kappa shape index (κ1) is 21.8. The number of anilines is 2. The molecule has 170 valence electrons. The molecular weight excluding hydrogens is 488 g/mol. The van der Waals surface area contributed by atoms with Gasteiger partial charge >= 0.3 is 5.97 Å². The van der Waals surface area contributed by atoms with Crippen LogP contribution in [0.2, 0.25) is 0 Å². The predicted molar refractivity (Wildman–Crippen MR) is 125 cm³/mol. The highest BCUT2D eigenvalue weighted by atomic mass is 79.9. The number of ether oxygens (including phenoxy) is 1. The van der Waals surface area contributed by atoms with Gasteiger partial charge < -0.3 is 10.1 Å². The molecule has 7 nitrogen and oxygen atoms in total. The highest BCUT2D eigenvalue weighted by Crippen LogP contribution is 2.56. The van der Waals surface area contributed by atoms with Gasteiger partial charge in [-0.2, -0.15) is 0 Å². The summed E-state index contributed by atoms with van der Waals surface area (Å²) in [5.74, 6) is -1.07. The van der Waals surface area contributed by atoms with Crippen LogP contribution >= 0.6 is 15.9 Å². The largest absolute Gasteiger partial charge is 0.452 e. The van der Waals surface area contributed by atoms with Gasteiger partial charge in [-0.1, -0.05) is 15.9 Å². The number of carbonyl (C=O) groups is 4. The summed E-state index contributed by atoms with van der Waals surface area (Å²) in [6, 6.07) is 11.6. The van der Waals surface area contributed by atoms with Crippen molar-refractivity contribution in [2.24, 2.45) is 23.7 Å². The molecule has 5 rings (SSSR count). The standard InChI is InChI=1S/C25H23BrN2O5/c1-13-10-17(6-9-19(13)26)27-20(29)12-33-25(32)14-4-7-18(8-5-14)28-23(30)21-15-2-3-16(11-15)22(21)24(28)31/h4-10,15-16,21-22H,2-3,11-12H2,1H3,(H,27,29)/t15-,16-,21+,22+/m0/s1. The molecule has 2 aromatic carbocycles.